The SMILES string of the molecule is Cc1cc([N+](=O)[O-])ccc1OCC(=O)Oc1ccc(C(=O)Nc2cc(Cl)ccc2Cl)cc1. The first kappa shape index (κ1) is 23.1. The number of hydrogen-bond acceptors (Lipinski definition) is 6. The number of rotatable bonds is 7. The molecule has 1 amide bonds. The maximum Gasteiger partial charge on any atom is 0.349 e. The van der Waals surface area contributed by atoms with Crippen LogP contribution in [0.5, 0.6) is 11.5 Å². The fourth-order valence-corrected chi connectivity index (χ4v) is 3.01. The van der Waals surface area contributed by atoms with Gasteiger partial charge in [0.25, 0.3) is 11.6 Å². The quantitative estimate of drug-likeness (QED) is 0.211. The first-order valence-electron chi connectivity index (χ1n) is 9.18. The van der Waals surface area contributed by atoms with Gasteiger partial charge in [-0.2, -0.15) is 0 Å². The van der Waals surface area contributed by atoms with Gasteiger partial charge in [-0.25, -0.2) is 4.79 Å². The van der Waals surface area contributed by atoms with Crippen LogP contribution in [0.1, 0.15) is 15.9 Å². The standard InChI is InChI=1S/C22H16Cl2N2O6/c1-13-10-16(26(29)30)5-9-20(13)31-12-21(27)32-17-6-2-14(3-7-17)22(28)25-19-11-15(23)4-8-18(19)24/h2-11H,12H2,1H3,(H,25,28). The summed E-state index contributed by atoms with van der Waals surface area (Å²) in [6, 6.07) is 14.7. The third-order valence-electron chi connectivity index (χ3n) is 4.24. The lowest BCUT2D eigenvalue weighted by atomic mass is 10.2. The van der Waals surface area contributed by atoms with E-state index in [2.05, 4.69) is 5.32 Å². The number of ether oxygens (including phenoxy) is 2. The number of aryl methyl sites for hydroxylation is 1. The molecule has 3 aromatic rings. The molecule has 0 saturated heterocycles. The molecule has 0 radical (unpaired) electrons. The van der Waals surface area contributed by atoms with Crippen LogP contribution in [0.2, 0.25) is 10.0 Å². The zero-order chi connectivity index (χ0) is 23.3. The summed E-state index contributed by atoms with van der Waals surface area (Å²) in [5, 5.41) is 14.2. The molecule has 0 aliphatic carbocycles. The molecule has 32 heavy (non-hydrogen) atoms. The topological polar surface area (TPSA) is 108 Å². The predicted octanol–water partition coefficient (Wildman–Crippen LogP) is 5.45. The van der Waals surface area contributed by atoms with Crippen molar-refractivity contribution in [3.8, 4) is 11.5 Å². The average molecular weight is 475 g/mol. The second-order valence-corrected chi connectivity index (χ2v) is 7.42. The van der Waals surface area contributed by atoms with Gasteiger partial charge in [-0.3, -0.25) is 14.9 Å². The van der Waals surface area contributed by atoms with Gasteiger partial charge in [0.05, 0.1) is 15.6 Å². The number of nitrogens with one attached hydrogen (secondary N) is 1. The van der Waals surface area contributed by atoms with Gasteiger partial charge >= 0.3 is 5.97 Å². The third kappa shape index (κ3) is 5.96. The van der Waals surface area contributed by atoms with Gasteiger partial charge in [-0.15, -0.1) is 0 Å². The number of hydrogen-bond donors (Lipinski definition) is 1. The summed E-state index contributed by atoms with van der Waals surface area (Å²) < 4.78 is 10.6. The molecule has 0 bridgehead atoms. The van der Waals surface area contributed by atoms with Crippen molar-refractivity contribution in [1.29, 1.82) is 0 Å². The van der Waals surface area contributed by atoms with Crippen LogP contribution in [0.4, 0.5) is 11.4 Å². The minimum absolute atomic E-state index is 0.0702. The molecule has 0 heterocycles. The normalized spacial score (nSPS) is 10.3. The van der Waals surface area contributed by atoms with Crippen LogP contribution in [-0.4, -0.2) is 23.4 Å². The number of non-ortho nitro benzene ring substituents is 1. The lowest BCUT2D eigenvalue weighted by Gasteiger charge is -2.10. The summed E-state index contributed by atoms with van der Waals surface area (Å²) >= 11 is 12.0. The molecule has 0 aromatic heterocycles. The maximum absolute atomic E-state index is 12.4. The van der Waals surface area contributed by atoms with Crippen molar-refractivity contribution in [2.45, 2.75) is 6.92 Å². The van der Waals surface area contributed by atoms with Crippen LogP contribution >= 0.6 is 23.2 Å². The first-order valence-corrected chi connectivity index (χ1v) is 9.93. The molecular formula is C22H16Cl2N2O6. The summed E-state index contributed by atoms with van der Waals surface area (Å²) in [7, 11) is 0. The van der Waals surface area contributed by atoms with Gasteiger partial charge in [0.15, 0.2) is 6.61 Å². The Morgan fingerprint density at radius 1 is 1.03 bits per heavy atom. The molecule has 0 atom stereocenters. The number of esters is 1. The molecule has 3 rings (SSSR count). The predicted molar refractivity (Wildman–Crippen MR) is 120 cm³/mol. The first-order chi connectivity index (χ1) is 15.2. The molecule has 0 saturated carbocycles. The van der Waals surface area contributed by atoms with E-state index in [0.29, 0.717) is 32.6 Å². The zero-order valence-corrected chi connectivity index (χ0v) is 18.1. The molecule has 0 aliphatic heterocycles. The number of nitrogens with zero attached hydrogens (tertiary/aromatic N) is 1. The largest absolute Gasteiger partial charge is 0.482 e. The highest BCUT2D eigenvalue weighted by atomic mass is 35.5. The van der Waals surface area contributed by atoms with Crippen LogP contribution in [0.25, 0.3) is 0 Å². The minimum Gasteiger partial charge on any atom is -0.482 e. The van der Waals surface area contributed by atoms with Crippen molar-refractivity contribution in [1.82, 2.24) is 0 Å². The summed E-state index contributed by atoms with van der Waals surface area (Å²) in [4.78, 5) is 34.7. The molecular weight excluding hydrogens is 459 g/mol. The number of carbonyl (C=O) groups excluding carboxylic acids is 2. The van der Waals surface area contributed by atoms with E-state index in [4.69, 9.17) is 32.7 Å². The van der Waals surface area contributed by atoms with E-state index in [1.165, 1.54) is 48.5 Å². The average Bonchev–Trinajstić information content (AvgIpc) is 2.75. The number of nitro groups is 1. The van der Waals surface area contributed by atoms with Crippen LogP contribution in [-0.2, 0) is 4.79 Å². The Balaban J connectivity index is 1.56. The number of carbonyl (C=O) groups is 2. The highest BCUT2D eigenvalue weighted by molar-refractivity contribution is 6.35. The Bertz CT molecular complexity index is 1180. The fraction of sp³-hybridized carbons (Fsp3) is 0.0909. The molecule has 10 heteroatoms. The van der Waals surface area contributed by atoms with Crippen molar-refractivity contribution in [3.63, 3.8) is 0 Å². The smallest absolute Gasteiger partial charge is 0.349 e. The summed E-state index contributed by atoms with van der Waals surface area (Å²) in [6.45, 7) is 1.24. The minimum atomic E-state index is -0.675. The summed E-state index contributed by atoms with van der Waals surface area (Å²) in [5.41, 5.74) is 1.14. The Morgan fingerprint density at radius 2 is 1.75 bits per heavy atom. The Kier molecular flexibility index (Phi) is 7.29. The molecule has 0 spiro atoms. The molecule has 1 N–H and O–H groups in total. The molecule has 8 nitrogen and oxygen atoms in total. The van der Waals surface area contributed by atoms with E-state index in [-0.39, 0.29) is 11.4 Å². The molecule has 0 unspecified atom stereocenters. The van der Waals surface area contributed by atoms with E-state index in [0.717, 1.165) is 0 Å². The van der Waals surface area contributed by atoms with Crippen molar-refractivity contribution in [2.75, 3.05) is 11.9 Å². The summed E-state index contributed by atoms with van der Waals surface area (Å²) in [5.74, 6) is -0.537. The fourth-order valence-electron chi connectivity index (χ4n) is 2.67. The van der Waals surface area contributed by atoms with Crippen LogP contribution < -0.4 is 14.8 Å². The second-order valence-electron chi connectivity index (χ2n) is 6.57. The Morgan fingerprint density at radius 3 is 2.41 bits per heavy atom. The van der Waals surface area contributed by atoms with Crippen molar-refractivity contribution in [3.05, 3.63) is 92.0 Å². The van der Waals surface area contributed by atoms with E-state index in [1.807, 2.05) is 0 Å². The van der Waals surface area contributed by atoms with E-state index in [9.17, 15) is 19.7 Å². The van der Waals surface area contributed by atoms with Crippen molar-refractivity contribution >= 4 is 46.5 Å². The van der Waals surface area contributed by atoms with Crippen molar-refractivity contribution < 1.29 is 24.0 Å². The van der Waals surface area contributed by atoms with Gasteiger partial charge in [0, 0.05) is 22.7 Å². The highest BCUT2D eigenvalue weighted by Gasteiger charge is 2.13. The molecule has 3 aromatic carbocycles. The summed E-state index contributed by atoms with van der Waals surface area (Å²) in [6.07, 6.45) is 0. The van der Waals surface area contributed by atoms with E-state index >= 15 is 0 Å². The maximum atomic E-state index is 12.4. The van der Waals surface area contributed by atoms with Crippen molar-refractivity contribution in [2.24, 2.45) is 0 Å². The van der Waals surface area contributed by atoms with Crippen LogP contribution in [0.3, 0.4) is 0 Å². The second kappa shape index (κ2) is 10.1. The van der Waals surface area contributed by atoms with Gasteiger partial charge in [-0.1, -0.05) is 23.2 Å². The van der Waals surface area contributed by atoms with Crippen LogP contribution in [0.15, 0.2) is 60.7 Å². The van der Waals surface area contributed by atoms with Crippen LogP contribution in [0, 0.1) is 17.0 Å². The number of amides is 1. The lowest BCUT2D eigenvalue weighted by Crippen LogP contribution is -2.18. The number of nitro benzene ring substituents is 1. The van der Waals surface area contributed by atoms with Gasteiger partial charge in [-0.05, 0) is 61.0 Å². The highest BCUT2D eigenvalue weighted by Crippen LogP contribution is 2.26. The molecule has 0 aliphatic rings. The van der Waals surface area contributed by atoms with Gasteiger partial charge < -0.3 is 14.8 Å². The van der Waals surface area contributed by atoms with E-state index in [1.54, 1.807) is 19.1 Å². The number of halogens is 2. The number of anilines is 1. The zero-order valence-electron chi connectivity index (χ0n) is 16.6. The van der Waals surface area contributed by atoms with E-state index < -0.39 is 23.4 Å². The number of benzene rings is 3. The third-order valence-corrected chi connectivity index (χ3v) is 4.80. The Labute approximate surface area is 192 Å². The lowest BCUT2D eigenvalue weighted by molar-refractivity contribution is -0.384. The molecule has 164 valence electrons. The van der Waals surface area contributed by atoms with Gasteiger partial charge in [0.1, 0.15) is 11.5 Å². The Hall–Kier alpha value is -3.62. The molecule has 0 fully saturated rings. The van der Waals surface area contributed by atoms with Gasteiger partial charge in [0.2, 0.25) is 0 Å². The monoisotopic (exact) mass is 474 g/mol.